The highest BCUT2D eigenvalue weighted by Crippen LogP contribution is 2.40. The summed E-state index contributed by atoms with van der Waals surface area (Å²) in [5.41, 5.74) is 0.740. The second kappa shape index (κ2) is 9.43. The van der Waals surface area contributed by atoms with E-state index in [0.717, 1.165) is 12.8 Å². The molecule has 2 atom stereocenters. The van der Waals surface area contributed by atoms with E-state index in [0.29, 0.717) is 33.6 Å². The first-order chi connectivity index (χ1) is 14.4. The van der Waals surface area contributed by atoms with Crippen LogP contribution in [0.4, 0.5) is 23.2 Å². The molecule has 2 aromatic rings. The maximum Gasteiger partial charge on any atom is 0.393 e. The third-order valence-corrected chi connectivity index (χ3v) is 6.98. The molecule has 0 aliphatic carbocycles. The number of hydrogen-bond acceptors (Lipinski definition) is 5. The molecular weight excluding hydrogens is 454 g/mol. The van der Waals surface area contributed by atoms with Crippen molar-refractivity contribution < 1.29 is 26.0 Å². The van der Waals surface area contributed by atoms with Crippen LogP contribution in [0.1, 0.15) is 16.9 Å². The number of anilines is 1. The molecule has 0 saturated carbocycles. The van der Waals surface area contributed by atoms with E-state index in [9.17, 15) is 26.0 Å². The van der Waals surface area contributed by atoms with Gasteiger partial charge in [0.05, 0.1) is 29.1 Å². The lowest BCUT2D eigenvalue weighted by Gasteiger charge is -2.33. The summed E-state index contributed by atoms with van der Waals surface area (Å²) >= 11 is 1.18. The number of hydrogen-bond donors (Lipinski definition) is 2. The summed E-state index contributed by atoms with van der Waals surface area (Å²) in [5, 5.41) is 3.66. The molecule has 5 nitrogen and oxygen atoms in total. The molecule has 1 fully saturated rings. The predicted molar refractivity (Wildman–Crippen MR) is 118 cm³/mol. The summed E-state index contributed by atoms with van der Waals surface area (Å²) in [4.78, 5) is 2.31. The van der Waals surface area contributed by atoms with Gasteiger partial charge in [-0.15, -0.1) is 11.3 Å². The fourth-order valence-corrected chi connectivity index (χ4v) is 5.23. The smallest absolute Gasteiger partial charge is 0.378 e. The van der Waals surface area contributed by atoms with Gasteiger partial charge in [0.2, 0.25) is 10.0 Å². The standard InChI is InChI=1S/C20H25F4N3O2S2/c1-27-10-8-16(15(21)12-27)26-17-6-3-5-13-14(11-20(22,23)24)18(30-19(13)17)7-4-9-25-31(2,28)29/h3-7,15-16,25-26H,8-12H2,1-2H3/b7-4+/t15-,16+/m0/s1. The summed E-state index contributed by atoms with van der Waals surface area (Å²) in [6, 6.07) is 4.64. The fourth-order valence-electron chi connectivity index (χ4n) is 3.60. The molecule has 2 N–H and O–H groups in total. The van der Waals surface area contributed by atoms with Gasteiger partial charge in [-0.3, -0.25) is 0 Å². The minimum Gasteiger partial charge on any atom is -0.378 e. The molecule has 2 heterocycles. The van der Waals surface area contributed by atoms with Gasteiger partial charge >= 0.3 is 6.18 Å². The van der Waals surface area contributed by atoms with Crippen molar-refractivity contribution in [2.45, 2.75) is 31.2 Å². The van der Waals surface area contributed by atoms with E-state index in [1.165, 1.54) is 23.5 Å². The number of piperidine rings is 1. The van der Waals surface area contributed by atoms with Crippen molar-refractivity contribution in [2.75, 3.05) is 38.3 Å². The second-order valence-corrected chi connectivity index (χ2v) is 10.6. The Balaban J connectivity index is 1.94. The Kier molecular flexibility index (Phi) is 7.29. The Hall–Kier alpha value is -1.69. The zero-order valence-electron chi connectivity index (χ0n) is 17.2. The molecule has 3 rings (SSSR count). The van der Waals surface area contributed by atoms with Gasteiger partial charge in [0.1, 0.15) is 6.17 Å². The van der Waals surface area contributed by atoms with Crippen molar-refractivity contribution in [3.05, 3.63) is 34.7 Å². The van der Waals surface area contributed by atoms with E-state index in [-0.39, 0.29) is 12.1 Å². The van der Waals surface area contributed by atoms with Crippen LogP contribution in [0.5, 0.6) is 0 Å². The van der Waals surface area contributed by atoms with E-state index in [1.54, 1.807) is 18.2 Å². The molecule has 1 saturated heterocycles. The lowest BCUT2D eigenvalue weighted by Crippen LogP contribution is -2.46. The maximum atomic E-state index is 14.5. The number of alkyl halides is 4. The molecular formula is C20H25F4N3O2S2. The van der Waals surface area contributed by atoms with Crippen LogP contribution >= 0.6 is 11.3 Å². The SMILES string of the molecule is CN1CC[C@@H](Nc2cccc3c(CC(F)(F)F)c(/C=C/CNS(C)(=O)=O)sc23)[C@@H](F)C1. The van der Waals surface area contributed by atoms with Gasteiger partial charge < -0.3 is 10.2 Å². The van der Waals surface area contributed by atoms with E-state index in [2.05, 4.69) is 10.0 Å². The first-order valence-electron chi connectivity index (χ1n) is 9.74. The van der Waals surface area contributed by atoms with Crippen LogP contribution in [0.15, 0.2) is 24.3 Å². The minimum absolute atomic E-state index is 0.0250. The summed E-state index contributed by atoms with van der Waals surface area (Å²) in [7, 11) is -1.55. The average molecular weight is 480 g/mol. The number of halogens is 4. The number of sulfonamides is 1. The van der Waals surface area contributed by atoms with Gasteiger partial charge in [-0.05, 0) is 36.6 Å². The normalized spacial score (nSPS) is 21.2. The second-order valence-electron chi connectivity index (χ2n) is 7.76. The number of thiophene rings is 1. The number of likely N-dealkylation sites (tertiary alicyclic amines) is 1. The number of nitrogens with zero attached hydrogens (tertiary/aromatic N) is 1. The van der Waals surface area contributed by atoms with Gasteiger partial charge in [-0.1, -0.05) is 18.2 Å². The Morgan fingerprint density at radius 2 is 2.06 bits per heavy atom. The van der Waals surface area contributed by atoms with Crippen molar-refractivity contribution in [1.82, 2.24) is 9.62 Å². The van der Waals surface area contributed by atoms with Crippen LogP contribution in [0.25, 0.3) is 16.2 Å². The van der Waals surface area contributed by atoms with E-state index >= 15 is 0 Å². The maximum absolute atomic E-state index is 14.5. The molecule has 0 unspecified atom stereocenters. The van der Waals surface area contributed by atoms with Gasteiger partial charge in [0, 0.05) is 24.5 Å². The van der Waals surface area contributed by atoms with Crippen molar-refractivity contribution in [2.24, 2.45) is 0 Å². The first-order valence-corrected chi connectivity index (χ1v) is 12.5. The fraction of sp³-hybridized carbons (Fsp3) is 0.500. The Bertz CT molecular complexity index is 1050. The third kappa shape index (κ3) is 6.64. The summed E-state index contributed by atoms with van der Waals surface area (Å²) in [5.74, 6) is 0. The van der Waals surface area contributed by atoms with Crippen molar-refractivity contribution in [3.63, 3.8) is 0 Å². The molecule has 0 radical (unpaired) electrons. The summed E-state index contributed by atoms with van der Waals surface area (Å²) < 4.78 is 79.5. The third-order valence-electron chi connectivity index (χ3n) is 5.04. The summed E-state index contributed by atoms with van der Waals surface area (Å²) in [6.07, 6.45) is -1.99. The summed E-state index contributed by atoms with van der Waals surface area (Å²) in [6.45, 7) is 1.01. The van der Waals surface area contributed by atoms with Crippen LogP contribution < -0.4 is 10.0 Å². The monoisotopic (exact) mass is 479 g/mol. The first kappa shape index (κ1) is 24.0. The lowest BCUT2D eigenvalue weighted by molar-refractivity contribution is -0.126. The van der Waals surface area contributed by atoms with Gasteiger partial charge in [0.25, 0.3) is 0 Å². The highest BCUT2D eigenvalue weighted by Gasteiger charge is 2.32. The quantitative estimate of drug-likeness (QED) is 0.589. The highest BCUT2D eigenvalue weighted by atomic mass is 32.2. The Labute approximate surface area is 183 Å². The van der Waals surface area contributed by atoms with Crippen LogP contribution in [-0.4, -0.2) is 64.6 Å². The largest absolute Gasteiger partial charge is 0.393 e. The lowest BCUT2D eigenvalue weighted by atomic mass is 10.0. The molecule has 31 heavy (non-hydrogen) atoms. The zero-order chi connectivity index (χ0) is 22.8. The molecule has 0 amide bonds. The topological polar surface area (TPSA) is 61.4 Å². The van der Waals surface area contributed by atoms with Crippen LogP contribution in [-0.2, 0) is 16.4 Å². The molecule has 1 aromatic carbocycles. The molecule has 1 aliphatic heterocycles. The highest BCUT2D eigenvalue weighted by molar-refractivity contribution is 7.88. The van der Waals surface area contributed by atoms with Crippen molar-refractivity contribution in [3.8, 4) is 0 Å². The molecule has 172 valence electrons. The van der Waals surface area contributed by atoms with Crippen molar-refractivity contribution in [1.29, 1.82) is 0 Å². The molecule has 11 heteroatoms. The van der Waals surface area contributed by atoms with E-state index < -0.39 is 34.8 Å². The minimum atomic E-state index is -4.40. The van der Waals surface area contributed by atoms with E-state index in [4.69, 9.17) is 0 Å². The number of fused-ring (bicyclic) bond motifs is 1. The van der Waals surface area contributed by atoms with Crippen LogP contribution in [0.2, 0.25) is 0 Å². The Morgan fingerprint density at radius 3 is 2.71 bits per heavy atom. The van der Waals surface area contributed by atoms with Gasteiger partial charge in [0.15, 0.2) is 0 Å². The molecule has 0 bridgehead atoms. The van der Waals surface area contributed by atoms with Gasteiger partial charge in [-0.2, -0.15) is 13.2 Å². The predicted octanol–water partition coefficient (Wildman–Crippen LogP) is 4.02. The van der Waals surface area contributed by atoms with Crippen LogP contribution in [0.3, 0.4) is 0 Å². The molecule has 1 aliphatic rings. The van der Waals surface area contributed by atoms with Gasteiger partial charge in [-0.25, -0.2) is 17.5 Å². The number of benzene rings is 1. The number of rotatable bonds is 7. The zero-order valence-corrected chi connectivity index (χ0v) is 18.8. The van der Waals surface area contributed by atoms with Crippen LogP contribution in [0, 0.1) is 0 Å². The Morgan fingerprint density at radius 1 is 1.32 bits per heavy atom. The van der Waals surface area contributed by atoms with Crippen molar-refractivity contribution >= 4 is 43.2 Å². The molecule has 1 aromatic heterocycles. The number of nitrogens with one attached hydrogen (secondary N) is 2. The molecule has 0 spiro atoms. The average Bonchev–Trinajstić information content (AvgIpc) is 2.97. The van der Waals surface area contributed by atoms with E-state index in [1.807, 2.05) is 11.9 Å².